The summed E-state index contributed by atoms with van der Waals surface area (Å²) in [6, 6.07) is 15.9. The lowest BCUT2D eigenvalue weighted by Crippen LogP contribution is -2.39. The number of nitrogens with zero attached hydrogens (tertiary/aromatic N) is 1. The molecule has 2 aromatic rings. The maximum Gasteiger partial charge on any atom is 0.0989 e. The SMILES string of the molecule is NC1CN(Cc2ccccc2)CCOC1c1ccc(Cl)c(Cl)c1. The van der Waals surface area contributed by atoms with Gasteiger partial charge in [0.05, 0.1) is 22.8 Å². The van der Waals surface area contributed by atoms with Crippen LogP contribution in [0.2, 0.25) is 10.0 Å². The van der Waals surface area contributed by atoms with Gasteiger partial charge in [0.2, 0.25) is 0 Å². The molecule has 2 N–H and O–H groups in total. The van der Waals surface area contributed by atoms with Crippen molar-refractivity contribution in [2.24, 2.45) is 5.73 Å². The van der Waals surface area contributed by atoms with Crippen molar-refractivity contribution in [2.75, 3.05) is 19.7 Å². The predicted molar refractivity (Wildman–Crippen MR) is 94.8 cm³/mol. The van der Waals surface area contributed by atoms with Gasteiger partial charge in [-0.25, -0.2) is 0 Å². The fourth-order valence-electron chi connectivity index (χ4n) is 2.94. The Labute approximate surface area is 146 Å². The van der Waals surface area contributed by atoms with Crippen LogP contribution in [0.4, 0.5) is 0 Å². The van der Waals surface area contributed by atoms with Crippen LogP contribution in [0.25, 0.3) is 0 Å². The Morgan fingerprint density at radius 2 is 1.87 bits per heavy atom. The third-order valence-electron chi connectivity index (χ3n) is 4.08. The van der Waals surface area contributed by atoms with Gasteiger partial charge in [0.25, 0.3) is 0 Å². The van der Waals surface area contributed by atoms with Crippen LogP contribution < -0.4 is 5.73 Å². The minimum Gasteiger partial charge on any atom is -0.371 e. The molecular weight excluding hydrogens is 331 g/mol. The van der Waals surface area contributed by atoms with Crippen LogP contribution in [0.5, 0.6) is 0 Å². The minimum atomic E-state index is -0.162. The summed E-state index contributed by atoms with van der Waals surface area (Å²) in [6.07, 6.45) is -0.162. The molecule has 0 aliphatic carbocycles. The lowest BCUT2D eigenvalue weighted by Gasteiger charge is -2.25. The molecule has 1 aliphatic rings. The molecule has 23 heavy (non-hydrogen) atoms. The zero-order chi connectivity index (χ0) is 16.2. The average Bonchev–Trinajstić information content (AvgIpc) is 2.72. The van der Waals surface area contributed by atoms with Crippen molar-refractivity contribution in [3.8, 4) is 0 Å². The number of ether oxygens (including phenoxy) is 1. The predicted octanol–water partition coefficient (Wildman–Crippen LogP) is 3.89. The second kappa shape index (κ2) is 7.65. The molecule has 1 fully saturated rings. The number of halogens is 2. The molecule has 0 spiro atoms. The van der Waals surface area contributed by atoms with Crippen molar-refractivity contribution in [3.05, 3.63) is 69.7 Å². The fraction of sp³-hybridized carbons (Fsp3) is 0.333. The number of rotatable bonds is 3. The Hall–Kier alpha value is -1.10. The van der Waals surface area contributed by atoms with Gasteiger partial charge in [0.1, 0.15) is 0 Å². The molecule has 1 aliphatic heterocycles. The summed E-state index contributed by atoms with van der Waals surface area (Å²) in [7, 11) is 0. The van der Waals surface area contributed by atoms with Crippen molar-refractivity contribution < 1.29 is 4.74 Å². The van der Waals surface area contributed by atoms with E-state index >= 15 is 0 Å². The van der Waals surface area contributed by atoms with E-state index in [9.17, 15) is 0 Å². The van der Waals surface area contributed by atoms with E-state index in [1.807, 2.05) is 18.2 Å². The second-order valence-electron chi connectivity index (χ2n) is 5.85. The van der Waals surface area contributed by atoms with Gasteiger partial charge in [0, 0.05) is 25.7 Å². The summed E-state index contributed by atoms with van der Waals surface area (Å²) in [5, 5.41) is 1.08. The molecule has 2 aromatic carbocycles. The second-order valence-corrected chi connectivity index (χ2v) is 6.66. The van der Waals surface area contributed by atoms with E-state index in [4.69, 9.17) is 33.7 Å². The Morgan fingerprint density at radius 3 is 2.61 bits per heavy atom. The first-order valence-corrected chi connectivity index (χ1v) is 8.47. The summed E-state index contributed by atoms with van der Waals surface area (Å²) >= 11 is 12.1. The zero-order valence-corrected chi connectivity index (χ0v) is 14.3. The quantitative estimate of drug-likeness (QED) is 0.912. The lowest BCUT2D eigenvalue weighted by atomic mass is 10.0. The maximum absolute atomic E-state index is 6.40. The van der Waals surface area contributed by atoms with Gasteiger partial charge in [-0.2, -0.15) is 0 Å². The van der Waals surface area contributed by atoms with Gasteiger partial charge < -0.3 is 10.5 Å². The molecule has 122 valence electrons. The average molecular weight is 351 g/mol. The number of benzene rings is 2. The molecule has 0 aromatic heterocycles. The largest absolute Gasteiger partial charge is 0.371 e. The highest BCUT2D eigenvalue weighted by Crippen LogP contribution is 2.29. The highest BCUT2D eigenvalue weighted by molar-refractivity contribution is 6.42. The summed E-state index contributed by atoms with van der Waals surface area (Å²) < 4.78 is 6.00. The highest BCUT2D eigenvalue weighted by Gasteiger charge is 2.26. The van der Waals surface area contributed by atoms with Crippen LogP contribution in [-0.4, -0.2) is 30.6 Å². The van der Waals surface area contributed by atoms with Crippen molar-refractivity contribution >= 4 is 23.2 Å². The molecule has 1 heterocycles. The monoisotopic (exact) mass is 350 g/mol. The first-order valence-electron chi connectivity index (χ1n) is 7.72. The molecule has 3 nitrogen and oxygen atoms in total. The summed E-state index contributed by atoms with van der Waals surface area (Å²) in [6.45, 7) is 3.16. The van der Waals surface area contributed by atoms with Gasteiger partial charge in [-0.05, 0) is 23.3 Å². The maximum atomic E-state index is 6.40. The topological polar surface area (TPSA) is 38.5 Å². The van der Waals surface area contributed by atoms with Crippen LogP contribution in [-0.2, 0) is 11.3 Å². The summed E-state index contributed by atoms with van der Waals surface area (Å²) in [5.41, 5.74) is 8.67. The van der Waals surface area contributed by atoms with Gasteiger partial charge in [-0.1, -0.05) is 59.6 Å². The molecule has 0 saturated carbocycles. The van der Waals surface area contributed by atoms with E-state index in [2.05, 4.69) is 29.2 Å². The molecule has 2 atom stereocenters. The van der Waals surface area contributed by atoms with E-state index in [-0.39, 0.29) is 12.1 Å². The van der Waals surface area contributed by atoms with Crippen LogP contribution in [0.3, 0.4) is 0 Å². The molecule has 0 amide bonds. The van der Waals surface area contributed by atoms with Crippen molar-refractivity contribution in [1.82, 2.24) is 4.90 Å². The molecule has 3 rings (SSSR count). The standard InChI is InChI=1S/C18H20Cl2N2O/c19-15-7-6-14(10-16(15)20)18-17(21)12-22(8-9-23-18)11-13-4-2-1-3-5-13/h1-7,10,17-18H,8-9,11-12,21H2. The van der Waals surface area contributed by atoms with E-state index < -0.39 is 0 Å². The van der Waals surface area contributed by atoms with Gasteiger partial charge in [-0.3, -0.25) is 4.90 Å². The van der Waals surface area contributed by atoms with E-state index in [1.54, 1.807) is 6.07 Å². The normalized spacial score (nSPS) is 22.7. The molecule has 5 heteroatoms. The Balaban J connectivity index is 1.70. The van der Waals surface area contributed by atoms with Crippen LogP contribution in [0, 0.1) is 0 Å². The van der Waals surface area contributed by atoms with E-state index in [0.717, 1.165) is 25.2 Å². The van der Waals surface area contributed by atoms with Crippen molar-refractivity contribution in [3.63, 3.8) is 0 Å². The fourth-order valence-corrected chi connectivity index (χ4v) is 3.24. The van der Waals surface area contributed by atoms with Crippen LogP contribution in [0.15, 0.2) is 48.5 Å². The number of nitrogens with two attached hydrogens (primary N) is 1. The molecule has 2 unspecified atom stereocenters. The van der Waals surface area contributed by atoms with E-state index in [1.165, 1.54) is 5.56 Å². The first-order chi connectivity index (χ1) is 11.1. The zero-order valence-electron chi connectivity index (χ0n) is 12.8. The summed E-state index contributed by atoms with van der Waals surface area (Å²) in [5.74, 6) is 0. The minimum absolute atomic E-state index is 0.113. The van der Waals surface area contributed by atoms with Crippen molar-refractivity contribution in [2.45, 2.75) is 18.7 Å². The smallest absolute Gasteiger partial charge is 0.0989 e. The molecule has 0 radical (unpaired) electrons. The first kappa shape index (κ1) is 16.7. The third kappa shape index (κ3) is 4.25. The van der Waals surface area contributed by atoms with Gasteiger partial charge in [0.15, 0.2) is 0 Å². The molecular formula is C18H20Cl2N2O. The Morgan fingerprint density at radius 1 is 1.09 bits per heavy atom. The van der Waals surface area contributed by atoms with E-state index in [0.29, 0.717) is 16.7 Å². The lowest BCUT2D eigenvalue weighted by molar-refractivity contribution is 0.0517. The summed E-state index contributed by atoms with van der Waals surface area (Å²) in [4.78, 5) is 2.33. The van der Waals surface area contributed by atoms with Crippen LogP contribution >= 0.6 is 23.2 Å². The van der Waals surface area contributed by atoms with Crippen molar-refractivity contribution in [1.29, 1.82) is 0 Å². The Kier molecular flexibility index (Phi) is 5.57. The number of hydrogen-bond donors (Lipinski definition) is 1. The van der Waals surface area contributed by atoms with Gasteiger partial charge in [-0.15, -0.1) is 0 Å². The molecule has 0 bridgehead atoms. The third-order valence-corrected chi connectivity index (χ3v) is 4.82. The highest BCUT2D eigenvalue weighted by atomic mass is 35.5. The number of hydrogen-bond acceptors (Lipinski definition) is 3. The molecule has 1 saturated heterocycles. The Bertz CT molecular complexity index is 651. The van der Waals surface area contributed by atoms with Crippen LogP contribution in [0.1, 0.15) is 17.2 Å². The van der Waals surface area contributed by atoms with Gasteiger partial charge >= 0.3 is 0 Å².